The highest BCUT2D eigenvalue weighted by molar-refractivity contribution is 6.45. The van der Waals surface area contributed by atoms with Crippen LogP contribution in [0.2, 0.25) is 0 Å². The minimum Gasteiger partial charge on any atom is -0.491 e. The van der Waals surface area contributed by atoms with E-state index in [2.05, 4.69) is 0 Å². The molecule has 0 atom stereocenters. The summed E-state index contributed by atoms with van der Waals surface area (Å²) in [7, 11) is 1.86. The summed E-state index contributed by atoms with van der Waals surface area (Å²) in [4.78, 5) is 30.8. The zero-order chi connectivity index (χ0) is 24.4. The molecule has 1 heterocycles. The standard InChI is InChI=1S/C29H30N2O3/c1-19(2)34-24-15-13-23(14-16-24)26-27(30(5)18-22-9-7-6-8-10-22)29(33)31(28(26)32)25-17-20(3)11-12-21(25)4/h6-17,19H,18H2,1-5H3. The maximum absolute atomic E-state index is 13.8. The third-order valence-corrected chi connectivity index (χ3v) is 5.82. The van der Waals surface area contributed by atoms with Crippen molar-refractivity contribution in [2.45, 2.75) is 40.3 Å². The number of benzene rings is 3. The Hall–Kier alpha value is -3.86. The van der Waals surface area contributed by atoms with Gasteiger partial charge in [0.1, 0.15) is 11.4 Å². The summed E-state index contributed by atoms with van der Waals surface area (Å²) in [5.41, 5.74) is 5.03. The summed E-state index contributed by atoms with van der Waals surface area (Å²) >= 11 is 0. The van der Waals surface area contributed by atoms with Crippen LogP contribution >= 0.6 is 0 Å². The highest BCUT2D eigenvalue weighted by atomic mass is 16.5. The van der Waals surface area contributed by atoms with E-state index in [-0.39, 0.29) is 17.9 Å². The van der Waals surface area contributed by atoms with E-state index < -0.39 is 0 Å². The maximum atomic E-state index is 13.8. The largest absolute Gasteiger partial charge is 0.491 e. The Morgan fingerprint density at radius 3 is 2.21 bits per heavy atom. The number of ether oxygens (including phenoxy) is 1. The van der Waals surface area contributed by atoms with Gasteiger partial charge >= 0.3 is 0 Å². The molecule has 5 nitrogen and oxygen atoms in total. The SMILES string of the molecule is Cc1ccc(C)c(N2C(=O)C(c3ccc(OC(C)C)cc3)=C(N(C)Cc3ccccc3)C2=O)c1. The van der Waals surface area contributed by atoms with Crippen molar-refractivity contribution in [3.8, 4) is 5.75 Å². The van der Waals surface area contributed by atoms with Gasteiger partial charge < -0.3 is 9.64 Å². The Balaban J connectivity index is 1.79. The van der Waals surface area contributed by atoms with Gasteiger partial charge in [-0.1, -0.05) is 54.6 Å². The number of rotatable bonds is 7. The number of carbonyl (C=O) groups excluding carboxylic acids is 2. The monoisotopic (exact) mass is 454 g/mol. The normalized spacial score (nSPS) is 13.8. The smallest absolute Gasteiger partial charge is 0.282 e. The quantitative estimate of drug-likeness (QED) is 0.442. The van der Waals surface area contributed by atoms with Gasteiger partial charge in [-0.05, 0) is 68.1 Å². The van der Waals surface area contributed by atoms with Crippen LogP contribution in [0.1, 0.15) is 36.1 Å². The van der Waals surface area contributed by atoms with Gasteiger partial charge in [-0.3, -0.25) is 9.59 Å². The molecule has 34 heavy (non-hydrogen) atoms. The molecule has 0 saturated heterocycles. The minimum atomic E-state index is -0.314. The minimum absolute atomic E-state index is 0.0482. The molecular weight excluding hydrogens is 424 g/mol. The molecule has 0 aliphatic carbocycles. The van der Waals surface area contributed by atoms with Crippen molar-refractivity contribution < 1.29 is 14.3 Å². The van der Waals surface area contributed by atoms with Crippen molar-refractivity contribution >= 4 is 23.1 Å². The zero-order valence-corrected chi connectivity index (χ0v) is 20.3. The number of aryl methyl sites for hydroxylation is 2. The fourth-order valence-corrected chi connectivity index (χ4v) is 4.22. The number of likely N-dealkylation sites (N-methyl/N-ethyl adjacent to an activating group) is 1. The lowest BCUT2D eigenvalue weighted by Crippen LogP contribution is -2.34. The van der Waals surface area contributed by atoms with Gasteiger partial charge in [0, 0.05) is 13.6 Å². The number of carbonyl (C=O) groups is 2. The van der Waals surface area contributed by atoms with E-state index >= 15 is 0 Å². The van der Waals surface area contributed by atoms with E-state index in [1.165, 1.54) is 4.90 Å². The molecule has 0 fully saturated rings. The number of hydrogen-bond donors (Lipinski definition) is 0. The average Bonchev–Trinajstić information content (AvgIpc) is 3.06. The molecule has 1 aliphatic rings. The van der Waals surface area contributed by atoms with E-state index in [1.807, 2.05) is 112 Å². The van der Waals surface area contributed by atoms with Crippen LogP contribution < -0.4 is 9.64 Å². The Morgan fingerprint density at radius 2 is 1.56 bits per heavy atom. The zero-order valence-electron chi connectivity index (χ0n) is 20.3. The summed E-state index contributed by atoms with van der Waals surface area (Å²) in [5.74, 6) is 0.0995. The van der Waals surface area contributed by atoms with Gasteiger partial charge in [-0.15, -0.1) is 0 Å². The van der Waals surface area contributed by atoms with E-state index in [1.54, 1.807) is 0 Å². The average molecular weight is 455 g/mol. The molecule has 3 aromatic rings. The molecular formula is C29H30N2O3. The number of amides is 2. The summed E-state index contributed by atoms with van der Waals surface area (Å²) in [6.45, 7) is 8.31. The molecule has 0 spiro atoms. The van der Waals surface area contributed by atoms with Crippen molar-refractivity contribution in [1.82, 2.24) is 4.90 Å². The van der Waals surface area contributed by atoms with Crippen LogP contribution in [-0.2, 0) is 16.1 Å². The molecule has 0 radical (unpaired) electrons. The van der Waals surface area contributed by atoms with E-state index in [4.69, 9.17) is 4.74 Å². The topological polar surface area (TPSA) is 49.9 Å². The van der Waals surface area contributed by atoms with Crippen molar-refractivity contribution in [3.05, 3.63) is 101 Å². The van der Waals surface area contributed by atoms with E-state index in [0.717, 1.165) is 22.4 Å². The van der Waals surface area contributed by atoms with Crippen molar-refractivity contribution in [2.24, 2.45) is 0 Å². The molecule has 0 N–H and O–H groups in total. The molecule has 174 valence electrons. The lowest BCUT2D eigenvalue weighted by molar-refractivity contribution is -0.120. The summed E-state index contributed by atoms with van der Waals surface area (Å²) in [6.07, 6.45) is 0.0482. The first kappa shape index (κ1) is 23.3. The van der Waals surface area contributed by atoms with E-state index in [0.29, 0.717) is 29.1 Å². The van der Waals surface area contributed by atoms with Crippen LogP contribution in [0.25, 0.3) is 5.57 Å². The number of imide groups is 1. The van der Waals surface area contributed by atoms with Crippen LogP contribution in [0.3, 0.4) is 0 Å². The predicted molar refractivity (Wildman–Crippen MR) is 135 cm³/mol. The summed E-state index contributed by atoms with van der Waals surface area (Å²) in [6, 6.07) is 23.1. The van der Waals surface area contributed by atoms with Gasteiger partial charge in [0.15, 0.2) is 0 Å². The lowest BCUT2D eigenvalue weighted by atomic mass is 10.0. The third kappa shape index (κ3) is 4.60. The molecule has 2 amide bonds. The molecule has 5 heteroatoms. The first-order chi connectivity index (χ1) is 16.3. The van der Waals surface area contributed by atoms with Crippen molar-refractivity contribution in [1.29, 1.82) is 0 Å². The second kappa shape index (κ2) is 9.56. The maximum Gasteiger partial charge on any atom is 0.282 e. The van der Waals surface area contributed by atoms with Gasteiger partial charge in [0.2, 0.25) is 0 Å². The molecule has 4 rings (SSSR count). The lowest BCUT2D eigenvalue weighted by Gasteiger charge is -2.22. The summed E-state index contributed by atoms with van der Waals surface area (Å²) in [5, 5.41) is 0. The molecule has 3 aromatic carbocycles. The van der Waals surface area contributed by atoms with E-state index in [9.17, 15) is 9.59 Å². The van der Waals surface area contributed by atoms with Crippen LogP contribution in [0.5, 0.6) is 5.75 Å². The fraction of sp³-hybridized carbons (Fsp3) is 0.241. The third-order valence-electron chi connectivity index (χ3n) is 5.82. The van der Waals surface area contributed by atoms with Crippen molar-refractivity contribution in [3.63, 3.8) is 0 Å². The highest BCUT2D eigenvalue weighted by Crippen LogP contribution is 2.37. The van der Waals surface area contributed by atoms with Crippen LogP contribution in [0.4, 0.5) is 5.69 Å². The number of hydrogen-bond acceptors (Lipinski definition) is 4. The second-order valence-electron chi connectivity index (χ2n) is 8.99. The molecule has 0 saturated carbocycles. The predicted octanol–water partition coefficient (Wildman–Crippen LogP) is 5.51. The Bertz CT molecular complexity index is 1240. The number of anilines is 1. The van der Waals surface area contributed by atoms with Gasteiger partial charge in [0.05, 0.1) is 17.4 Å². The second-order valence-corrected chi connectivity index (χ2v) is 8.99. The first-order valence-electron chi connectivity index (χ1n) is 11.5. The van der Waals surface area contributed by atoms with Crippen LogP contribution in [0, 0.1) is 13.8 Å². The van der Waals surface area contributed by atoms with Gasteiger partial charge in [-0.2, -0.15) is 0 Å². The molecule has 0 unspecified atom stereocenters. The van der Waals surface area contributed by atoms with Crippen LogP contribution in [-0.4, -0.2) is 29.9 Å². The van der Waals surface area contributed by atoms with Crippen molar-refractivity contribution in [2.75, 3.05) is 11.9 Å². The fourth-order valence-electron chi connectivity index (χ4n) is 4.22. The van der Waals surface area contributed by atoms with Gasteiger partial charge in [-0.25, -0.2) is 4.90 Å². The Kier molecular flexibility index (Phi) is 6.55. The Morgan fingerprint density at radius 1 is 0.882 bits per heavy atom. The molecule has 0 aromatic heterocycles. The summed E-state index contributed by atoms with van der Waals surface area (Å²) < 4.78 is 5.76. The van der Waals surface area contributed by atoms with Gasteiger partial charge in [0.25, 0.3) is 11.8 Å². The Labute approximate surface area is 201 Å². The highest BCUT2D eigenvalue weighted by Gasteiger charge is 2.42. The van der Waals surface area contributed by atoms with Crippen LogP contribution in [0.15, 0.2) is 78.5 Å². The number of nitrogens with zero attached hydrogens (tertiary/aromatic N) is 2. The first-order valence-corrected chi connectivity index (χ1v) is 11.5. The molecule has 0 bridgehead atoms. The molecule has 1 aliphatic heterocycles.